The molecule has 25 heavy (non-hydrogen) atoms. The first-order valence-corrected chi connectivity index (χ1v) is 9.68. The standard InChI is InChI=1S/C16H22FN3O3S.ClH/c17-14-1-3-15(4-2-14)24(22,23)20-11-9-19(10-12-20)16(21)13-5-7-18-8-6-13;/h1-4,13,18H,5-12H2;1H. The highest BCUT2D eigenvalue weighted by molar-refractivity contribution is 7.89. The number of piperidine rings is 1. The van der Waals surface area contributed by atoms with Crippen molar-refractivity contribution in [1.82, 2.24) is 14.5 Å². The largest absolute Gasteiger partial charge is 0.340 e. The number of amides is 1. The van der Waals surface area contributed by atoms with E-state index in [1.54, 1.807) is 4.90 Å². The average molecular weight is 392 g/mol. The number of carbonyl (C=O) groups is 1. The van der Waals surface area contributed by atoms with Crippen LogP contribution in [0.2, 0.25) is 0 Å². The molecule has 0 aromatic heterocycles. The number of carbonyl (C=O) groups excluding carboxylic acids is 1. The van der Waals surface area contributed by atoms with Gasteiger partial charge in [-0.1, -0.05) is 0 Å². The number of hydrogen-bond acceptors (Lipinski definition) is 4. The fraction of sp³-hybridized carbons (Fsp3) is 0.562. The predicted octanol–water partition coefficient (Wildman–Crippen LogP) is 1.08. The van der Waals surface area contributed by atoms with E-state index in [0.717, 1.165) is 38.1 Å². The second-order valence-electron chi connectivity index (χ2n) is 6.21. The van der Waals surface area contributed by atoms with Crippen molar-refractivity contribution in [3.63, 3.8) is 0 Å². The van der Waals surface area contributed by atoms with E-state index in [2.05, 4.69) is 5.32 Å². The Bertz CT molecular complexity index is 685. The van der Waals surface area contributed by atoms with Gasteiger partial charge in [-0.05, 0) is 50.2 Å². The molecule has 1 aromatic rings. The van der Waals surface area contributed by atoms with Crippen LogP contribution in [0.25, 0.3) is 0 Å². The zero-order chi connectivity index (χ0) is 17.2. The van der Waals surface area contributed by atoms with Gasteiger partial charge in [0, 0.05) is 32.1 Å². The van der Waals surface area contributed by atoms with E-state index in [0.29, 0.717) is 13.1 Å². The number of halogens is 2. The number of sulfonamides is 1. The third-order valence-corrected chi connectivity index (χ3v) is 6.60. The molecule has 9 heteroatoms. The quantitative estimate of drug-likeness (QED) is 0.837. The highest BCUT2D eigenvalue weighted by Crippen LogP contribution is 2.20. The Hall–Kier alpha value is -1.22. The molecule has 0 radical (unpaired) electrons. The summed E-state index contributed by atoms with van der Waals surface area (Å²) >= 11 is 0. The van der Waals surface area contributed by atoms with Gasteiger partial charge in [-0.15, -0.1) is 12.4 Å². The van der Waals surface area contributed by atoms with Crippen LogP contribution in [0.5, 0.6) is 0 Å². The number of hydrogen-bond donors (Lipinski definition) is 1. The fourth-order valence-corrected chi connectivity index (χ4v) is 4.65. The number of benzene rings is 1. The van der Waals surface area contributed by atoms with Crippen LogP contribution in [-0.2, 0) is 14.8 Å². The maximum Gasteiger partial charge on any atom is 0.243 e. The van der Waals surface area contributed by atoms with Gasteiger partial charge in [0.15, 0.2) is 0 Å². The van der Waals surface area contributed by atoms with E-state index in [4.69, 9.17) is 0 Å². The molecule has 1 N–H and O–H groups in total. The Labute approximate surface area is 153 Å². The predicted molar refractivity (Wildman–Crippen MR) is 94.6 cm³/mol. The van der Waals surface area contributed by atoms with Gasteiger partial charge < -0.3 is 10.2 Å². The van der Waals surface area contributed by atoms with Crippen molar-refractivity contribution in [3.8, 4) is 0 Å². The molecule has 2 heterocycles. The zero-order valence-electron chi connectivity index (χ0n) is 13.9. The summed E-state index contributed by atoms with van der Waals surface area (Å²) in [4.78, 5) is 14.4. The van der Waals surface area contributed by atoms with Gasteiger partial charge in [0.25, 0.3) is 0 Å². The topological polar surface area (TPSA) is 69.7 Å². The SMILES string of the molecule is Cl.O=C(C1CCNCC1)N1CCN(S(=O)(=O)c2ccc(F)cc2)CC1. The zero-order valence-corrected chi connectivity index (χ0v) is 15.5. The first-order chi connectivity index (χ1) is 11.5. The van der Waals surface area contributed by atoms with Gasteiger partial charge in [0.2, 0.25) is 15.9 Å². The summed E-state index contributed by atoms with van der Waals surface area (Å²) < 4.78 is 39.5. The summed E-state index contributed by atoms with van der Waals surface area (Å²) in [6.07, 6.45) is 1.68. The van der Waals surface area contributed by atoms with Crippen LogP contribution in [0.4, 0.5) is 4.39 Å². The molecule has 0 aliphatic carbocycles. The Morgan fingerprint density at radius 3 is 2.16 bits per heavy atom. The van der Waals surface area contributed by atoms with E-state index in [-0.39, 0.29) is 42.2 Å². The van der Waals surface area contributed by atoms with Crippen molar-refractivity contribution in [1.29, 1.82) is 0 Å². The lowest BCUT2D eigenvalue weighted by atomic mass is 9.96. The van der Waals surface area contributed by atoms with Crippen LogP contribution >= 0.6 is 12.4 Å². The molecule has 2 aliphatic heterocycles. The lowest BCUT2D eigenvalue weighted by Gasteiger charge is -2.36. The number of nitrogens with one attached hydrogen (secondary N) is 1. The molecular weight excluding hydrogens is 369 g/mol. The van der Waals surface area contributed by atoms with E-state index in [9.17, 15) is 17.6 Å². The van der Waals surface area contributed by atoms with Crippen LogP contribution in [0.15, 0.2) is 29.2 Å². The van der Waals surface area contributed by atoms with E-state index < -0.39 is 15.8 Å². The van der Waals surface area contributed by atoms with Crippen LogP contribution in [-0.4, -0.2) is 62.8 Å². The van der Waals surface area contributed by atoms with Gasteiger partial charge in [-0.3, -0.25) is 4.79 Å². The Morgan fingerprint density at radius 2 is 1.60 bits per heavy atom. The summed E-state index contributed by atoms with van der Waals surface area (Å²) in [6, 6.07) is 4.84. The minimum Gasteiger partial charge on any atom is -0.340 e. The lowest BCUT2D eigenvalue weighted by molar-refractivity contribution is -0.137. The Kier molecular flexibility index (Phi) is 6.79. The second-order valence-corrected chi connectivity index (χ2v) is 8.15. The minimum atomic E-state index is -3.63. The van der Waals surface area contributed by atoms with Crippen LogP contribution in [0.3, 0.4) is 0 Å². The number of piperazine rings is 1. The summed E-state index contributed by atoms with van der Waals surface area (Å²) in [5, 5.41) is 3.24. The maximum absolute atomic E-state index is 13.0. The van der Waals surface area contributed by atoms with Crippen molar-refractivity contribution < 1.29 is 17.6 Å². The highest BCUT2D eigenvalue weighted by atomic mass is 35.5. The van der Waals surface area contributed by atoms with Crippen LogP contribution in [0.1, 0.15) is 12.8 Å². The van der Waals surface area contributed by atoms with Crippen LogP contribution < -0.4 is 5.32 Å². The summed E-state index contributed by atoms with van der Waals surface area (Å²) in [5.74, 6) is -0.284. The molecule has 0 unspecified atom stereocenters. The van der Waals surface area contributed by atoms with E-state index in [1.165, 1.54) is 16.4 Å². The van der Waals surface area contributed by atoms with Crippen molar-refractivity contribution in [2.24, 2.45) is 5.92 Å². The molecule has 140 valence electrons. The minimum absolute atomic E-state index is 0. The van der Waals surface area contributed by atoms with Gasteiger partial charge in [-0.2, -0.15) is 4.31 Å². The van der Waals surface area contributed by atoms with E-state index >= 15 is 0 Å². The van der Waals surface area contributed by atoms with E-state index in [1.807, 2.05) is 0 Å². The van der Waals surface area contributed by atoms with Gasteiger partial charge in [-0.25, -0.2) is 12.8 Å². The van der Waals surface area contributed by atoms with Gasteiger partial charge in [0.1, 0.15) is 5.82 Å². The number of nitrogens with zero attached hydrogens (tertiary/aromatic N) is 2. The molecule has 2 aliphatic rings. The normalized spacial score (nSPS) is 20.1. The molecule has 0 saturated carbocycles. The van der Waals surface area contributed by atoms with Crippen molar-refractivity contribution in [2.75, 3.05) is 39.3 Å². The molecule has 0 bridgehead atoms. The first-order valence-electron chi connectivity index (χ1n) is 8.24. The first kappa shape index (κ1) is 20.1. The van der Waals surface area contributed by atoms with Crippen molar-refractivity contribution >= 4 is 28.3 Å². The smallest absolute Gasteiger partial charge is 0.243 e. The third-order valence-electron chi connectivity index (χ3n) is 4.69. The number of rotatable bonds is 3. The molecule has 6 nitrogen and oxygen atoms in total. The Morgan fingerprint density at radius 1 is 1.04 bits per heavy atom. The maximum atomic E-state index is 13.0. The van der Waals surface area contributed by atoms with Crippen molar-refractivity contribution in [3.05, 3.63) is 30.1 Å². The molecule has 2 fully saturated rings. The second kappa shape index (κ2) is 8.44. The monoisotopic (exact) mass is 391 g/mol. The molecule has 2 saturated heterocycles. The molecular formula is C16H23ClFN3O3S. The average Bonchev–Trinajstić information content (AvgIpc) is 2.62. The van der Waals surface area contributed by atoms with Gasteiger partial charge in [0.05, 0.1) is 4.90 Å². The summed E-state index contributed by atoms with van der Waals surface area (Å²) in [6.45, 7) is 3.07. The molecule has 0 spiro atoms. The lowest BCUT2D eigenvalue weighted by Crippen LogP contribution is -2.52. The van der Waals surface area contributed by atoms with Gasteiger partial charge >= 0.3 is 0 Å². The summed E-state index contributed by atoms with van der Waals surface area (Å²) in [5.41, 5.74) is 0. The highest BCUT2D eigenvalue weighted by Gasteiger charge is 2.32. The molecule has 0 atom stereocenters. The Balaban J connectivity index is 0.00000225. The van der Waals surface area contributed by atoms with Crippen molar-refractivity contribution in [2.45, 2.75) is 17.7 Å². The van der Waals surface area contributed by atoms with Crippen LogP contribution in [0, 0.1) is 11.7 Å². The molecule has 1 amide bonds. The fourth-order valence-electron chi connectivity index (χ4n) is 3.23. The molecule has 3 rings (SSSR count). The third kappa shape index (κ3) is 4.49. The summed E-state index contributed by atoms with van der Waals surface area (Å²) in [7, 11) is -3.63. The molecule has 1 aromatic carbocycles.